The Morgan fingerprint density at radius 3 is 2.55 bits per heavy atom. The zero-order valence-electron chi connectivity index (χ0n) is 18.2. The van der Waals surface area contributed by atoms with E-state index in [0.29, 0.717) is 11.2 Å². The predicted molar refractivity (Wildman–Crippen MR) is 122 cm³/mol. The van der Waals surface area contributed by atoms with Gasteiger partial charge in [-0.1, -0.05) is 12.1 Å². The molecule has 1 aliphatic rings. The second kappa shape index (κ2) is 8.71. The van der Waals surface area contributed by atoms with Gasteiger partial charge in [0.25, 0.3) is 5.91 Å². The largest absolute Gasteiger partial charge is 0.336 e. The van der Waals surface area contributed by atoms with Crippen LogP contribution in [-0.2, 0) is 6.42 Å². The molecule has 1 fully saturated rings. The first kappa shape index (κ1) is 21.2. The SMILES string of the molecule is CN1CCN(C(=O)c2ccc(-c3[nH]nc4ncc(Cc5cc(F)ccc5F)cc34)cc2)CC1. The summed E-state index contributed by atoms with van der Waals surface area (Å²) in [7, 11) is 2.06. The first-order chi connectivity index (χ1) is 16.0. The third-order valence-corrected chi connectivity index (χ3v) is 6.08. The number of rotatable bonds is 4. The van der Waals surface area contributed by atoms with E-state index in [4.69, 9.17) is 0 Å². The van der Waals surface area contributed by atoms with Crippen molar-refractivity contribution in [1.82, 2.24) is 25.0 Å². The lowest BCUT2D eigenvalue weighted by atomic mass is 10.0. The van der Waals surface area contributed by atoms with E-state index in [0.717, 1.165) is 60.5 Å². The van der Waals surface area contributed by atoms with Crippen LogP contribution in [0.25, 0.3) is 22.3 Å². The van der Waals surface area contributed by atoms with E-state index in [1.54, 1.807) is 6.20 Å². The molecular weight excluding hydrogens is 424 g/mol. The van der Waals surface area contributed by atoms with Crippen LogP contribution in [0.5, 0.6) is 0 Å². The van der Waals surface area contributed by atoms with Crippen LogP contribution in [-0.4, -0.2) is 64.1 Å². The van der Waals surface area contributed by atoms with Gasteiger partial charge in [0.1, 0.15) is 11.6 Å². The van der Waals surface area contributed by atoms with Crippen molar-refractivity contribution in [3.05, 3.63) is 83.1 Å². The van der Waals surface area contributed by atoms with Gasteiger partial charge in [0.15, 0.2) is 5.65 Å². The number of piperazine rings is 1. The Morgan fingerprint density at radius 2 is 1.79 bits per heavy atom. The van der Waals surface area contributed by atoms with E-state index in [1.165, 1.54) is 6.07 Å². The third kappa shape index (κ3) is 4.34. The third-order valence-electron chi connectivity index (χ3n) is 6.08. The highest BCUT2D eigenvalue weighted by Gasteiger charge is 2.20. The number of aromatic amines is 1. The van der Waals surface area contributed by atoms with Gasteiger partial charge in [0, 0.05) is 55.3 Å². The summed E-state index contributed by atoms with van der Waals surface area (Å²) in [5.74, 6) is -0.898. The lowest BCUT2D eigenvalue weighted by molar-refractivity contribution is 0.0664. The minimum absolute atomic E-state index is 0.0326. The molecule has 3 heterocycles. The Bertz CT molecular complexity index is 1310. The highest BCUT2D eigenvalue weighted by molar-refractivity contribution is 5.96. The van der Waals surface area contributed by atoms with E-state index >= 15 is 0 Å². The Morgan fingerprint density at radius 1 is 1.03 bits per heavy atom. The molecule has 0 saturated carbocycles. The summed E-state index contributed by atoms with van der Waals surface area (Å²) in [6, 6.07) is 12.7. The van der Waals surface area contributed by atoms with Gasteiger partial charge in [-0.25, -0.2) is 13.8 Å². The zero-order chi connectivity index (χ0) is 22.9. The number of hydrogen-bond acceptors (Lipinski definition) is 4. The number of halogens is 2. The minimum atomic E-state index is -0.476. The first-order valence-corrected chi connectivity index (χ1v) is 10.8. The maximum atomic E-state index is 14.1. The number of aromatic nitrogens is 3. The summed E-state index contributed by atoms with van der Waals surface area (Å²) >= 11 is 0. The highest BCUT2D eigenvalue weighted by atomic mass is 19.1. The molecule has 5 rings (SSSR count). The number of benzene rings is 2. The van der Waals surface area contributed by atoms with E-state index in [1.807, 2.05) is 35.2 Å². The Balaban J connectivity index is 1.40. The van der Waals surface area contributed by atoms with Crippen LogP contribution in [0.1, 0.15) is 21.5 Å². The number of likely N-dealkylation sites (N-methyl/N-ethyl adjacent to an activating group) is 1. The molecule has 2 aromatic heterocycles. The molecule has 8 heteroatoms. The number of nitrogens with one attached hydrogen (secondary N) is 1. The smallest absolute Gasteiger partial charge is 0.253 e. The fourth-order valence-corrected chi connectivity index (χ4v) is 4.13. The number of H-pyrrole nitrogens is 1. The van der Waals surface area contributed by atoms with E-state index in [2.05, 4.69) is 27.1 Å². The Kier molecular flexibility index (Phi) is 5.60. The van der Waals surface area contributed by atoms with Crippen molar-refractivity contribution in [2.75, 3.05) is 33.2 Å². The molecule has 1 N–H and O–H groups in total. The molecule has 6 nitrogen and oxygen atoms in total. The van der Waals surface area contributed by atoms with Crippen molar-refractivity contribution in [2.45, 2.75) is 6.42 Å². The first-order valence-electron chi connectivity index (χ1n) is 10.8. The van der Waals surface area contributed by atoms with E-state index in [-0.39, 0.29) is 17.9 Å². The highest BCUT2D eigenvalue weighted by Crippen LogP contribution is 2.27. The van der Waals surface area contributed by atoms with Gasteiger partial charge in [-0.2, -0.15) is 5.10 Å². The van der Waals surface area contributed by atoms with Crippen molar-refractivity contribution in [2.24, 2.45) is 0 Å². The number of nitrogens with zero attached hydrogens (tertiary/aromatic N) is 4. The summed E-state index contributed by atoms with van der Waals surface area (Å²) < 4.78 is 27.6. The van der Waals surface area contributed by atoms with Gasteiger partial charge in [-0.15, -0.1) is 0 Å². The number of carbonyl (C=O) groups is 1. The summed E-state index contributed by atoms with van der Waals surface area (Å²) in [5, 5.41) is 8.05. The van der Waals surface area contributed by atoms with Crippen LogP contribution in [0.4, 0.5) is 8.78 Å². The van der Waals surface area contributed by atoms with Crippen LogP contribution in [0, 0.1) is 11.6 Å². The molecule has 33 heavy (non-hydrogen) atoms. The van der Waals surface area contributed by atoms with Gasteiger partial charge in [0.05, 0.1) is 5.69 Å². The minimum Gasteiger partial charge on any atom is -0.336 e. The van der Waals surface area contributed by atoms with Crippen LogP contribution >= 0.6 is 0 Å². The second-order valence-corrected chi connectivity index (χ2v) is 8.40. The van der Waals surface area contributed by atoms with Gasteiger partial charge in [-0.05, 0) is 54.6 Å². The normalized spacial score (nSPS) is 14.7. The van der Waals surface area contributed by atoms with Crippen LogP contribution in [0.3, 0.4) is 0 Å². The molecular formula is C25H23F2N5O. The standard InChI is InChI=1S/C25H23F2N5O/c1-31-8-10-32(11-9-31)25(33)18-4-2-17(3-5-18)23-21-13-16(15-28-24(21)30-29-23)12-19-14-20(26)6-7-22(19)27/h2-7,13-15H,8-12H2,1H3,(H,28,29,30). The fraction of sp³-hybridized carbons (Fsp3) is 0.240. The summed E-state index contributed by atoms with van der Waals surface area (Å²) in [6.45, 7) is 3.20. The molecule has 0 aliphatic carbocycles. The molecule has 0 bridgehead atoms. The number of pyridine rings is 1. The van der Waals surface area contributed by atoms with Crippen molar-refractivity contribution in [3.8, 4) is 11.3 Å². The Labute approximate surface area is 189 Å². The van der Waals surface area contributed by atoms with Crippen molar-refractivity contribution >= 4 is 16.9 Å². The van der Waals surface area contributed by atoms with Crippen molar-refractivity contribution in [1.29, 1.82) is 0 Å². The number of hydrogen-bond donors (Lipinski definition) is 1. The number of amides is 1. The molecule has 168 valence electrons. The molecule has 0 atom stereocenters. The van der Waals surface area contributed by atoms with E-state index in [9.17, 15) is 13.6 Å². The second-order valence-electron chi connectivity index (χ2n) is 8.40. The van der Waals surface area contributed by atoms with Crippen LogP contribution in [0.15, 0.2) is 54.7 Å². The quantitative estimate of drug-likeness (QED) is 0.516. The van der Waals surface area contributed by atoms with Crippen LogP contribution in [0.2, 0.25) is 0 Å². The average molecular weight is 447 g/mol. The van der Waals surface area contributed by atoms with Gasteiger partial charge in [0.2, 0.25) is 0 Å². The molecule has 0 unspecified atom stereocenters. The van der Waals surface area contributed by atoms with Crippen LogP contribution < -0.4 is 0 Å². The molecule has 1 aliphatic heterocycles. The molecule has 1 saturated heterocycles. The molecule has 4 aromatic rings. The molecule has 0 radical (unpaired) electrons. The predicted octanol–water partition coefficient (Wildman–Crippen LogP) is 3.88. The fourth-order valence-electron chi connectivity index (χ4n) is 4.13. The van der Waals surface area contributed by atoms with Crippen molar-refractivity contribution in [3.63, 3.8) is 0 Å². The number of carbonyl (C=O) groups excluding carboxylic acids is 1. The van der Waals surface area contributed by atoms with E-state index < -0.39 is 11.6 Å². The lowest BCUT2D eigenvalue weighted by Crippen LogP contribution is -2.47. The summed E-state index contributed by atoms with van der Waals surface area (Å²) in [4.78, 5) is 21.3. The van der Waals surface area contributed by atoms with Gasteiger partial charge >= 0.3 is 0 Å². The van der Waals surface area contributed by atoms with Gasteiger partial charge in [-0.3, -0.25) is 9.89 Å². The Hall–Kier alpha value is -3.65. The zero-order valence-corrected chi connectivity index (χ0v) is 18.2. The monoisotopic (exact) mass is 447 g/mol. The van der Waals surface area contributed by atoms with Gasteiger partial charge < -0.3 is 9.80 Å². The average Bonchev–Trinajstić information content (AvgIpc) is 3.25. The molecule has 0 spiro atoms. The lowest BCUT2D eigenvalue weighted by Gasteiger charge is -2.32. The summed E-state index contributed by atoms with van der Waals surface area (Å²) in [6.07, 6.45) is 1.84. The van der Waals surface area contributed by atoms with Crippen molar-refractivity contribution < 1.29 is 13.6 Å². The molecule has 2 aromatic carbocycles. The maximum absolute atomic E-state index is 14.1. The number of fused-ring (bicyclic) bond motifs is 1. The molecule has 1 amide bonds. The maximum Gasteiger partial charge on any atom is 0.253 e. The summed E-state index contributed by atoms with van der Waals surface area (Å²) in [5.41, 5.74) is 3.82. The topological polar surface area (TPSA) is 65.1 Å².